The fourth-order valence-electron chi connectivity index (χ4n) is 5.13. The molecule has 1 fully saturated rings. The average molecular weight is 365 g/mol. The molecule has 1 aliphatic rings. The Morgan fingerprint density at radius 2 is 0.731 bits per heavy atom. The second kappa shape index (κ2) is 18.4. The van der Waals surface area contributed by atoms with Crippen molar-refractivity contribution in [2.24, 2.45) is 11.8 Å². The first-order valence-electron chi connectivity index (χ1n) is 12.9. The highest BCUT2D eigenvalue weighted by atomic mass is 14.3. The van der Waals surface area contributed by atoms with Crippen LogP contribution in [0.5, 0.6) is 0 Å². The smallest absolute Gasteiger partial charge is 0.0386 e. The van der Waals surface area contributed by atoms with E-state index in [4.69, 9.17) is 0 Å². The quantitative estimate of drug-likeness (QED) is 0.212. The molecule has 1 aliphatic carbocycles. The van der Waals surface area contributed by atoms with E-state index in [-0.39, 0.29) is 0 Å². The second-order valence-corrected chi connectivity index (χ2v) is 9.33. The Morgan fingerprint density at radius 1 is 0.423 bits per heavy atom. The third-order valence-electron chi connectivity index (χ3n) is 6.92. The average Bonchev–Trinajstić information content (AvgIpc) is 2.67. The molecule has 2 atom stereocenters. The molecular weight excluding hydrogens is 312 g/mol. The Kier molecular flexibility index (Phi) is 17.0. The Labute approximate surface area is 167 Å². The Bertz CT molecular complexity index is 241. The zero-order valence-corrected chi connectivity index (χ0v) is 18.7. The summed E-state index contributed by atoms with van der Waals surface area (Å²) in [5.41, 5.74) is 0. The number of rotatable bonds is 18. The highest BCUT2D eigenvalue weighted by molar-refractivity contribution is 4.75. The lowest BCUT2D eigenvalue weighted by atomic mass is 9.74. The van der Waals surface area contributed by atoms with Crippen molar-refractivity contribution in [1.29, 1.82) is 0 Å². The molecule has 0 heterocycles. The lowest BCUT2D eigenvalue weighted by Crippen LogP contribution is -2.19. The molecule has 0 N–H and O–H groups in total. The van der Waals surface area contributed by atoms with Crippen molar-refractivity contribution in [2.45, 2.75) is 155 Å². The number of unbranched alkanes of at least 4 members (excludes halogenated alkanes) is 14. The maximum absolute atomic E-state index is 2.31. The van der Waals surface area contributed by atoms with Gasteiger partial charge in [0.2, 0.25) is 0 Å². The molecule has 0 saturated heterocycles. The SMILES string of the molecule is CCCCCCCCCCC1CCCCC1CCCCCCCCCC. The number of hydrogen-bond donors (Lipinski definition) is 0. The molecule has 0 heteroatoms. The molecule has 156 valence electrons. The summed E-state index contributed by atoms with van der Waals surface area (Å²) in [6.07, 6.45) is 32.9. The van der Waals surface area contributed by atoms with Gasteiger partial charge in [-0.2, -0.15) is 0 Å². The monoisotopic (exact) mass is 364 g/mol. The summed E-state index contributed by atoms with van der Waals surface area (Å²) >= 11 is 0. The van der Waals surface area contributed by atoms with Gasteiger partial charge in [-0.15, -0.1) is 0 Å². The van der Waals surface area contributed by atoms with Gasteiger partial charge in [-0.3, -0.25) is 0 Å². The standard InChI is InChI=1S/C26H52/c1-3-5-7-9-11-13-15-17-21-25-23-19-20-24-26(25)22-18-16-14-12-10-8-6-4-2/h25-26H,3-24H2,1-2H3. The first-order chi connectivity index (χ1) is 12.9. The van der Waals surface area contributed by atoms with E-state index < -0.39 is 0 Å². The van der Waals surface area contributed by atoms with E-state index in [0.717, 1.165) is 11.8 Å². The van der Waals surface area contributed by atoms with Crippen molar-refractivity contribution in [1.82, 2.24) is 0 Å². The van der Waals surface area contributed by atoms with Crippen LogP contribution in [0.1, 0.15) is 155 Å². The van der Waals surface area contributed by atoms with Crippen LogP contribution in [-0.4, -0.2) is 0 Å². The highest BCUT2D eigenvalue weighted by Gasteiger charge is 2.23. The molecule has 0 aromatic carbocycles. The summed E-state index contributed by atoms with van der Waals surface area (Å²) in [5.74, 6) is 2.18. The van der Waals surface area contributed by atoms with Gasteiger partial charge in [0.25, 0.3) is 0 Å². The van der Waals surface area contributed by atoms with Crippen LogP contribution in [0, 0.1) is 11.8 Å². The first kappa shape index (κ1) is 24.0. The van der Waals surface area contributed by atoms with Crippen molar-refractivity contribution in [3.8, 4) is 0 Å². The largest absolute Gasteiger partial charge is 0.0654 e. The van der Waals surface area contributed by atoms with E-state index >= 15 is 0 Å². The molecule has 0 nitrogen and oxygen atoms in total. The van der Waals surface area contributed by atoms with Crippen LogP contribution in [0.25, 0.3) is 0 Å². The van der Waals surface area contributed by atoms with Gasteiger partial charge in [0.15, 0.2) is 0 Å². The maximum Gasteiger partial charge on any atom is -0.0386 e. The third-order valence-corrected chi connectivity index (χ3v) is 6.92. The van der Waals surface area contributed by atoms with Crippen molar-refractivity contribution in [3.63, 3.8) is 0 Å². The van der Waals surface area contributed by atoms with Gasteiger partial charge in [-0.1, -0.05) is 155 Å². The summed E-state index contributed by atoms with van der Waals surface area (Å²) in [6, 6.07) is 0. The molecule has 2 unspecified atom stereocenters. The minimum atomic E-state index is 1.09. The summed E-state index contributed by atoms with van der Waals surface area (Å²) < 4.78 is 0. The Balaban J connectivity index is 1.99. The van der Waals surface area contributed by atoms with Gasteiger partial charge in [-0.05, 0) is 11.8 Å². The van der Waals surface area contributed by atoms with Crippen molar-refractivity contribution < 1.29 is 0 Å². The molecule has 0 aromatic heterocycles. The molecule has 0 aliphatic heterocycles. The maximum atomic E-state index is 2.31. The summed E-state index contributed by atoms with van der Waals surface area (Å²) in [6.45, 7) is 4.63. The van der Waals surface area contributed by atoms with Crippen LogP contribution >= 0.6 is 0 Å². The van der Waals surface area contributed by atoms with E-state index in [1.165, 1.54) is 116 Å². The minimum absolute atomic E-state index is 1.09. The Morgan fingerprint density at radius 3 is 1.08 bits per heavy atom. The molecule has 0 spiro atoms. The second-order valence-electron chi connectivity index (χ2n) is 9.33. The van der Waals surface area contributed by atoms with Crippen LogP contribution in [0.2, 0.25) is 0 Å². The molecule has 0 bridgehead atoms. The molecule has 26 heavy (non-hydrogen) atoms. The first-order valence-corrected chi connectivity index (χ1v) is 12.9. The predicted octanol–water partition coefficient (Wildman–Crippen LogP) is 9.85. The van der Waals surface area contributed by atoms with Crippen LogP contribution in [-0.2, 0) is 0 Å². The highest BCUT2D eigenvalue weighted by Crippen LogP contribution is 2.37. The predicted molar refractivity (Wildman–Crippen MR) is 120 cm³/mol. The van der Waals surface area contributed by atoms with E-state index in [2.05, 4.69) is 13.8 Å². The summed E-state index contributed by atoms with van der Waals surface area (Å²) in [7, 11) is 0. The Hall–Kier alpha value is 0. The molecule has 1 rings (SSSR count). The topological polar surface area (TPSA) is 0 Å². The summed E-state index contributed by atoms with van der Waals surface area (Å²) in [5, 5.41) is 0. The van der Waals surface area contributed by atoms with Gasteiger partial charge >= 0.3 is 0 Å². The number of hydrogen-bond acceptors (Lipinski definition) is 0. The molecular formula is C26H52. The molecule has 0 amide bonds. The van der Waals surface area contributed by atoms with Crippen LogP contribution in [0.15, 0.2) is 0 Å². The van der Waals surface area contributed by atoms with Crippen molar-refractivity contribution in [2.75, 3.05) is 0 Å². The van der Waals surface area contributed by atoms with Crippen molar-refractivity contribution in [3.05, 3.63) is 0 Å². The van der Waals surface area contributed by atoms with E-state index in [9.17, 15) is 0 Å². The zero-order valence-electron chi connectivity index (χ0n) is 18.7. The van der Waals surface area contributed by atoms with Gasteiger partial charge in [0, 0.05) is 0 Å². The summed E-state index contributed by atoms with van der Waals surface area (Å²) in [4.78, 5) is 0. The van der Waals surface area contributed by atoms with Crippen LogP contribution < -0.4 is 0 Å². The van der Waals surface area contributed by atoms with Gasteiger partial charge in [-0.25, -0.2) is 0 Å². The fraction of sp³-hybridized carbons (Fsp3) is 1.00. The van der Waals surface area contributed by atoms with E-state index in [0.29, 0.717) is 0 Å². The molecule has 1 saturated carbocycles. The fourth-order valence-corrected chi connectivity index (χ4v) is 5.13. The van der Waals surface area contributed by atoms with Crippen molar-refractivity contribution >= 4 is 0 Å². The van der Waals surface area contributed by atoms with Gasteiger partial charge in [0.05, 0.1) is 0 Å². The molecule has 0 radical (unpaired) electrons. The lowest BCUT2D eigenvalue weighted by Gasteiger charge is -2.32. The zero-order chi connectivity index (χ0) is 18.7. The van der Waals surface area contributed by atoms with Gasteiger partial charge in [0.1, 0.15) is 0 Å². The van der Waals surface area contributed by atoms with E-state index in [1.54, 1.807) is 25.7 Å². The molecule has 0 aromatic rings. The van der Waals surface area contributed by atoms with E-state index in [1.807, 2.05) is 0 Å². The normalized spacial score (nSPS) is 20.5. The third kappa shape index (κ3) is 13.2. The minimum Gasteiger partial charge on any atom is -0.0654 e. The van der Waals surface area contributed by atoms with Crippen LogP contribution in [0.3, 0.4) is 0 Å². The van der Waals surface area contributed by atoms with Crippen LogP contribution in [0.4, 0.5) is 0 Å². The van der Waals surface area contributed by atoms with Gasteiger partial charge < -0.3 is 0 Å². The lowest BCUT2D eigenvalue weighted by molar-refractivity contribution is 0.202.